The van der Waals surface area contributed by atoms with Gasteiger partial charge in [0.15, 0.2) is 0 Å². The number of hydrogen-bond donors (Lipinski definition) is 1. The van der Waals surface area contributed by atoms with E-state index in [1.165, 1.54) is 0 Å². The highest BCUT2D eigenvalue weighted by atomic mass is 16.5. The molecule has 13 heavy (non-hydrogen) atoms. The molecule has 0 amide bonds. The molecule has 2 heteroatoms. The molecule has 0 radical (unpaired) electrons. The lowest BCUT2D eigenvalue weighted by molar-refractivity contribution is 0.278. The van der Waals surface area contributed by atoms with Gasteiger partial charge < -0.3 is 10.1 Å². The van der Waals surface area contributed by atoms with Crippen LogP contribution >= 0.6 is 0 Å². The Kier molecular flexibility index (Phi) is 2.32. The first kappa shape index (κ1) is 7.92. The normalized spacial score (nSPS) is 17.4. The molecule has 1 aromatic rings. The van der Waals surface area contributed by atoms with Crippen molar-refractivity contribution >= 4 is 5.69 Å². The van der Waals surface area contributed by atoms with Crippen LogP contribution in [-0.4, -0.2) is 6.61 Å². The van der Waals surface area contributed by atoms with Gasteiger partial charge in [-0.1, -0.05) is 18.2 Å². The van der Waals surface area contributed by atoms with E-state index < -0.39 is 0 Å². The maximum atomic E-state index is 5.26. The van der Waals surface area contributed by atoms with Gasteiger partial charge in [-0.2, -0.15) is 0 Å². The monoisotopic (exact) mass is 173 g/mol. The molecule has 0 bridgehead atoms. The average molecular weight is 173 g/mol. The van der Waals surface area contributed by atoms with E-state index in [2.05, 4.69) is 5.32 Å². The second-order valence-corrected chi connectivity index (χ2v) is 2.77. The second-order valence-electron chi connectivity index (χ2n) is 2.77. The van der Waals surface area contributed by atoms with Gasteiger partial charge in [-0.25, -0.2) is 0 Å². The summed E-state index contributed by atoms with van der Waals surface area (Å²) in [5, 5.41) is 3.15. The van der Waals surface area contributed by atoms with E-state index >= 15 is 0 Å². The first-order valence-electron chi connectivity index (χ1n) is 4.26. The number of allylic oxidation sites excluding steroid dienone is 1. The predicted octanol–water partition coefficient (Wildman–Crippen LogP) is 2.53. The summed E-state index contributed by atoms with van der Waals surface area (Å²) in [5.74, 6) is 0.879. The lowest BCUT2D eigenvalue weighted by Gasteiger charge is -2.01. The third-order valence-electron chi connectivity index (χ3n) is 1.78. The summed E-state index contributed by atoms with van der Waals surface area (Å²) in [6, 6.07) is 9.99. The Morgan fingerprint density at radius 3 is 2.77 bits per heavy atom. The zero-order valence-electron chi connectivity index (χ0n) is 7.23. The lowest BCUT2D eigenvalue weighted by Crippen LogP contribution is -1.90. The van der Waals surface area contributed by atoms with Gasteiger partial charge in [0.2, 0.25) is 0 Å². The number of nitrogens with one attached hydrogen (secondary N) is 1. The predicted molar refractivity (Wildman–Crippen MR) is 53.2 cm³/mol. The van der Waals surface area contributed by atoms with Crippen LogP contribution in [-0.2, 0) is 4.74 Å². The quantitative estimate of drug-likeness (QED) is 0.742. The summed E-state index contributed by atoms with van der Waals surface area (Å²) in [6.45, 7) is 0.683. The molecular weight excluding hydrogens is 162 g/mol. The minimum Gasteiger partial charge on any atom is -0.488 e. The summed E-state index contributed by atoms with van der Waals surface area (Å²) in [5.41, 5.74) is 1.07. The molecule has 1 N–H and O–H groups in total. The molecule has 0 saturated heterocycles. The van der Waals surface area contributed by atoms with Gasteiger partial charge in [0.1, 0.15) is 12.4 Å². The first-order valence-corrected chi connectivity index (χ1v) is 4.26. The molecule has 2 nitrogen and oxygen atoms in total. The molecule has 0 aromatic heterocycles. The number of anilines is 1. The Morgan fingerprint density at radius 1 is 1.23 bits per heavy atom. The summed E-state index contributed by atoms with van der Waals surface area (Å²) in [7, 11) is 0. The molecule has 0 atom stereocenters. The highest BCUT2D eigenvalue weighted by Crippen LogP contribution is 2.09. The van der Waals surface area contributed by atoms with Crippen molar-refractivity contribution in [1.82, 2.24) is 0 Å². The van der Waals surface area contributed by atoms with Crippen LogP contribution in [0.3, 0.4) is 0 Å². The maximum Gasteiger partial charge on any atom is 0.135 e. The van der Waals surface area contributed by atoms with Crippen molar-refractivity contribution in [1.29, 1.82) is 0 Å². The Labute approximate surface area is 77.5 Å². The van der Waals surface area contributed by atoms with E-state index in [1.807, 2.05) is 48.7 Å². The Hall–Kier alpha value is -1.70. The molecule has 0 saturated carbocycles. The Bertz CT molecular complexity index is 327. The van der Waals surface area contributed by atoms with Gasteiger partial charge in [0, 0.05) is 11.9 Å². The molecule has 1 heterocycles. The molecule has 0 fully saturated rings. The van der Waals surface area contributed by atoms with Crippen LogP contribution in [0.25, 0.3) is 0 Å². The van der Waals surface area contributed by atoms with Crippen LogP contribution in [0.2, 0.25) is 0 Å². The van der Waals surface area contributed by atoms with Gasteiger partial charge in [-0.05, 0) is 24.3 Å². The van der Waals surface area contributed by atoms with Crippen LogP contribution in [0.4, 0.5) is 5.69 Å². The van der Waals surface area contributed by atoms with Crippen LogP contribution < -0.4 is 5.32 Å². The zero-order valence-corrected chi connectivity index (χ0v) is 7.23. The molecule has 66 valence electrons. The van der Waals surface area contributed by atoms with E-state index in [0.29, 0.717) is 6.61 Å². The maximum absolute atomic E-state index is 5.26. The fraction of sp³-hybridized carbons (Fsp3) is 0.0909. The highest BCUT2D eigenvalue weighted by Gasteiger charge is 1.97. The molecule has 1 aliphatic rings. The fourth-order valence-corrected chi connectivity index (χ4v) is 1.14. The molecule has 1 aliphatic heterocycles. The van der Waals surface area contributed by atoms with Crippen LogP contribution in [0.5, 0.6) is 0 Å². The molecule has 0 aliphatic carbocycles. The molecule has 2 rings (SSSR count). The largest absolute Gasteiger partial charge is 0.488 e. The summed E-state index contributed by atoms with van der Waals surface area (Å²) in [4.78, 5) is 0. The van der Waals surface area contributed by atoms with Crippen molar-refractivity contribution in [3.05, 3.63) is 54.4 Å². The third kappa shape index (κ3) is 2.12. The number of rotatable bonds is 2. The smallest absolute Gasteiger partial charge is 0.135 e. The average Bonchev–Trinajstić information content (AvgIpc) is 2.69. The minimum atomic E-state index is 0.683. The van der Waals surface area contributed by atoms with Crippen molar-refractivity contribution in [3.8, 4) is 0 Å². The molecular formula is C11H11NO. The number of ether oxygens (including phenoxy) is 1. The van der Waals surface area contributed by atoms with Crippen molar-refractivity contribution in [2.24, 2.45) is 0 Å². The van der Waals surface area contributed by atoms with E-state index in [-0.39, 0.29) is 0 Å². The van der Waals surface area contributed by atoms with Gasteiger partial charge in [0.05, 0.1) is 0 Å². The van der Waals surface area contributed by atoms with Crippen molar-refractivity contribution in [3.63, 3.8) is 0 Å². The van der Waals surface area contributed by atoms with E-state index in [9.17, 15) is 0 Å². The second kappa shape index (κ2) is 3.81. The Balaban J connectivity index is 1.99. The molecule has 0 unspecified atom stereocenters. The number of para-hydroxylation sites is 1. The van der Waals surface area contributed by atoms with Crippen LogP contribution in [0.15, 0.2) is 54.4 Å². The lowest BCUT2D eigenvalue weighted by atomic mass is 10.3. The summed E-state index contributed by atoms with van der Waals surface area (Å²) >= 11 is 0. The van der Waals surface area contributed by atoms with Crippen molar-refractivity contribution in [2.45, 2.75) is 0 Å². The summed E-state index contributed by atoms with van der Waals surface area (Å²) < 4.78 is 5.26. The van der Waals surface area contributed by atoms with E-state index in [1.54, 1.807) is 0 Å². The minimum absolute atomic E-state index is 0.683. The molecule has 1 aromatic carbocycles. The third-order valence-corrected chi connectivity index (χ3v) is 1.78. The number of benzene rings is 1. The van der Waals surface area contributed by atoms with Gasteiger partial charge in [-0.3, -0.25) is 0 Å². The highest BCUT2D eigenvalue weighted by molar-refractivity contribution is 5.45. The first-order chi connectivity index (χ1) is 6.45. The van der Waals surface area contributed by atoms with Crippen molar-refractivity contribution < 1.29 is 4.74 Å². The Morgan fingerprint density at radius 2 is 2.08 bits per heavy atom. The molecule has 0 spiro atoms. The summed E-state index contributed by atoms with van der Waals surface area (Å²) in [6.07, 6.45) is 5.80. The standard InChI is InChI=1S/C11H11NO/c1-2-5-10(6-3-1)12-9-11-7-4-8-13-11/h1-7,9,12H,8H2. The zero-order chi connectivity index (χ0) is 8.93. The van der Waals surface area contributed by atoms with Crippen LogP contribution in [0.1, 0.15) is 0 Å². The van der Waals surface area contributed by atoms with Crippen LogP contribution in [0, 0.1) is 0 Å². The topological polar surface area (TPSA) is 21.3 Å². The number of hydrogen-bond acceptors (Lipinski definition) is 2. The van der Waals surface area contributed by atoms with Crippen molar-refractivity contribution in [2.75, 3.05) is 11.9 Å². The van der Waals surface area contributed by atoms with E-state index in [0.717, 1.165) is 11.4 Å². The fourth-order valence-electron chi connectivity index (χ4n) is 1.14. The van der Waals surface area contributed by atoms with Gasteiger partial charge in [-0.15, -0.1) is 0 Å². The SMILES string of the molecule is C1=CC(=CNc2ccccc2)OC1. The van der Waals surface area contributed by atoms with Gasteiger partial charge >= 0.3 is 0 Å². The van der Waals surface area contributed by atoms with E-state index in [4.69, 9.17) is 4.74 Å². The van der Waals surface area contributed by atoms with Gasteiger partial charge in [0.25, 0.3) is 0 Å².